The highest BCUT2D eigenvalue weighted by Crippen LogP contribution is 2.26. The number of esters is 1. The second-order valence-corrected chi connectivity index (χ2v) is 4.41. The molecule has 0 aliphatic carbocycles. The van der Waals surface area contributed by atoms with Crippen molar-refractivity contribution in [1.82, 2.24) is 5.32 Å². The van der Waals surface area contributed by atoms with Crippen LogP contribution in [-0.2, 0) is 16.1 Å². The van der Waals surface area contributed by atoms with Crippen LogP contribution in [0.3, 0.4) is 0 Å². The van der Waals surface area contributed by atoms with Crippen molar-refractivity contribution >= 4 is 37.8 Å². The molecule has 0 saturated heterocycles. The topological polar surface area (TPSA) is 51.5 Å². The van der Waals surface area contributed by atoms with E-state index in [9.17, 15) is 4.79 Å². The summed E-state index contributed by atoms with van der Waals surface area (Å²) >= 11 is 6.56. The van der Waals surface area contributed by atoms with Gasteiger partial charge >= 0.3 is 5.97 Å². The van der Waals surface area contributed by atoms with Gasteiger partial charge in [-0.05, 0) is 37.9 Å². The zero-order valence-corrected chi connectivity index (χ0v) is 11.4. The fourth-order valence-electron chi connectivity index (χ4n) is 0.983. The summed E-state index contributed by atoms with van der Waals surface area (Å²) in [5.41, 5.74) is 0. The molecule has 0 atom stereocenters. The van der Waals surface area contributed by atoms with Crippen LogP contribution in [0.5, 0.6) is 0 Å². The Morgan fingerprint density at radius 1 is 1.60 bits per heavy atom. The van der Waals surface area contributed by atoms with Crippen molar-refractivity contribution in [2.24, 2.45) is 0 Å². The Morgan fingerprint density at radius 3 is 2.87 bits per heavy atom. The van der Waals surface area contributed by atoms with Gasteiger partial charge in [0.1, 0.15) is 5.76 Å². The van der Waals surface area contributed by atoms with E-state index in [0.717, 1.165) is 10.2 Å². The van der Waals surface area contributed by atoms with Gasteiger partial charge in [0.2, 0.25) is 0 Å². The summed E-state index contributed by atoms with van der Waals surface area (Å²) in [6.45, 7) is 1.16. The molecular formula is C9H11Br2NO3. The average Bonchev–Trinajstić information content (AvgIpc) is 2.53. The quantitative estimate of drug-likeness (QED) is 0.660. The van der Waals surface area contributed by atoms with Gasteiger partial charge < -0.3 is 14.5 Å². The highest BCUT2D eigenvalue weighted by atomic mass is 79.9. The van der Waals surface area contributed by atoms with Crippen molar-refractivity contribution in [3.63, 3.8) is 0 Å². The van der Waals surface area contributed by atoms with Crippen molar-refractivity contribution in [3.8, 4) is 0 Å². The largest absolute Gasteiger partial charge is 0.469 e. The van der Waals surface area contributed by atoms with Crippen molar-refractivity contribution in [2.45, 2.75) is 13.0 Å². The van der Waals surface area contributed by atoms with Crippen LogP contribution in [0.2, 0.25) is 0 Å². The Hall–Kier alpha value is -0.330. The summed E-state index contributed by atoms with van der Waals surface area (Å²) < 4.78 is 11.4. The molecule has 84 valence electrons. The molecule has 0 unspecified atom stereocenters. The van der Waals surface area contributed by atoms with E-state index in [1.165, 1.54) is 7.11 Å². The molecule has 1 rings (SSSR count). The first-order chi connectivity index (χ1) is 7.13. The molecule has 1 aromatic heterocycles. The molecule has 0 bridgehead atoms. The minimum Gasteiger partial charge on any atom is -0.469 e. The Labute approximate surface area is 105 Å². The number of carbonyl (C=O) groups is 1. The molecule has 0 aromatic carbocycles. The third-order valence-corrected chi connectivity index (χ3v) is 3.44. The fraction of sp³-hybridized carbons (Fsp3) is 0.444. The molecule has 0 saturated carbocycles. The smallest absolute Gasteiger partial charge is 0.306 e. The maximum absolute atomic E-state index is 10.8. The van der Waals surface area contributed by atoms with E-state index < -0.39 is 0 Å². The SMILES string of the molecule is COC(=O)CCNCc1cc(Br)c(Br)o1. The Balaban J connectivity index is 2.23. The van der Waals surface area contributed by atoms with E-state index >= 15 is 0 Å². The maximum Gasteiger partial charge on any atom is 0.306 e. The second-order valence-electron chi connectivity index (χ2n) is 2.84. The third kappa shape index (κ3) is 4.36. The monoisotopic (exact) mass is 339 g/mol. The lowest BCUT2D eigenvalue weighted by molar-refractivity contribution is -0.140. The minimum absolute atomic E-state index is 0.218. The van der Waals surface area contributed by atoms with Crippen molar-refractivity contribution < 1.29 is 13.9 Å². The van der Waals surface area contributed by atoms with Gasteiger partial charge in [-0.3, -0.25) is 4.79 Å². The van der Waals surface area contributed by atoms with Gasteiger partial charge in [-0.25, -0.2) is 0 Å². The number of methoxy groups -OCH3 is 1. The van der Waals surface area contributed by atoms with Crippen LogP contribution in [0.25, 0.3) is 0 Å². The first-order valence-corrected chi connectivity index (χ1v) is 5.93. The van der Waals surface area contributed by atoms with Crippen LogP contribution in [0.4, 0.5) is 0 Å². The van der Waals surface area contributed by atoms with Crippen LogP contribution >= 0.6 is 31.9 Å². The molecule has 0 radical (unpaired) electrons. The summed E-state index contributed by atoms with van der Waals surface area (Å²) in [5, 5.41) is 3.07. The summed E-state index contributed by atoms with van der Waals surface area (Å²) in [7, 11) is 1.38. The number of furan rings is 1. The van der Waals surface area contributed by atoms with Gasteiger partial charge in [-0.15, -0.1) is 0 Å². The number of nitrogens with one attached hydrogen (secondary N) is 1. The molecule has 0 aliphatic heterocycles. The van der Waals surface area contributed by atoms with Crippen LogP contribution in [-0.4, -0.2) is 19.6 Å². The third-order valence-electron chi connectivity index (χ3n) is 1.73. The van der Waals surface area contributed by atoms with Gasteiger partial charge in [0.05, 0.1) is 24.5 Å². The van der Waals surface area contributed by atoms with E-state index in [1.807, 2.05) is 6.07 Å². The molecule has 0 fully saturated rings. The Kier molecular flexibility index (Phi) is 5.35. The van der Waals surface area contributed by atoms with E-state index in [1.54, 1.807) is 0 Å². The molecule has 4 nitrogen and oxygen atoms in total. The van der Waals surface area contributed by atoms with E-state index in [0.29, 0.717) is 24.2 Å². The number of halogens is 2. The predicted octanol–water partition coefficient (Wildman–Crippen LogP) is 2.46. The van der Waals surface area contributed by atoms with Crippen molar-refractivity contribution in [2.75, 3.05) is 13.7 Å². The molecule has 0 aliphatic rings. The number of hydrogen-bond acceptors (Lipinski definition) is 4. The normalized spacial score (nSPS) is 10.3. The van der Waals surface area contributed by atoms with E-state index in [2.05, 4.69) is 41.9 Å². The van der Waals surface area contributed by atoms with Crippen molar-refractivity contribution in [1.29, 1.82) is 0 Å². The lowest BCUT2D eigenvalue weighted by Crippen LogP contribution is -2.18. The minimum atomic E-state index is -0.218. The molecular weight excluding hydrogens is 330 g/mol. The molecule has 1 heterocycles. The number of carbonyl (C=O) groups excluding carboxylic acids is 1. The van der Waals surface area contributed by atoms with Crippen LogP contribution < -0.4 is 5.32 Å². The van der Waals surface area contributed by atoms with E-state index in [-0.39, 0.29) is 5.97 Å². The fourth-order valence-corrected chi connectivity index (χ4v) is 1.64. The van der Waals surface area contributed by atoms with Gasteiger partial charge in [-0.1, -0.05) is 0 Å². The number of ether oxygens (including phenoxy) is 1. The average molecular weight is 341 g/mol. The summed E-state index contributed by atoms with van der Waals surface area (Å²) in [5.74, 6) is 0.586. The molecule has 6 heteroatoms. The highest BCUT2D eigenvalue weighted by Gasteiger charge is 2.05. The molecule has 0 spiro atoms. The van der Waals surface area contributed by atoms with Gasteiger partial charge in [0, 0.05) is 6.54 Å². The van der Waals surface area contributed by atoms with Gasteiger partial charge in [0.15, 0.2) is 4.67 Å². The standard InChI is InChI=1S/C9H11Br2NO3/c1-14-8(13)2-3-12-5-6-4-7(10)9(11)15-6/h4,12H,2-3,5H2,1H3. The van der Waals surface area contributed by atoms with Crippen LogP contribution in [0.15, 0.2) is 19.6 Å². The summed E-state index contributed by atoms with van der Waals surface area (Å²) in [4.78, 5) is 10.8. The molecule has 15 heavy (non-hydrogen) atoms. The lowest BCUT2D eigenvalue weighted by atomic mass is 10.4. The van der Waals surface area contributed by atoms with Gasteiger partial charge in [-0.2, -0.15) is 0 Å². The second kappa shape index (κ2) is 6.30. The number of rotatable bonds is 5. The zero-order chi connectivity index (χ0) is 11.3. The van der Waals surface area contributed by atoms with Crippen molar-refractivity contribution in [3.05, 3.63) is 21.0 Å². The maximum atomic E-state index is 10.8. The predicted molar refractivity (Wildman–Crippen MR) is 62.4 cm³/mol. The first kappa shape index (κ1) is 12.7. The summed E-state index contributed by atoms with van der Waals surface area (Å²) in [6.07, 6.45) is 0.361. The first-order valence-electron chi connectivity index (χ1n) is 4.34. The Bertz CT molecular complexity index is 319. The van der Waals surface area contributed by atoms with Gasteiger partial charge in [0.25, 0.3) is 0 Å². The Morgan fingerprint density at radius 2 is 2.33 bits per heavy atom. The van der Waals surface area contributed by atoms with E-state index in [4.69, 9.17) is 4.42 Å². The molecule has 1 N–H and O–H groups in total. The highest BCUT2D eigenvalue weighted by molar-refractivity contribution is 9.13. The number of hydrogen-bond donors (Lipinski definition) is 1. The molecule has 1 aromatic rings. The summed E-state index contributed by atoms with van der Waals surface area (Å²) in [6, 6.07) is 1.87. The lowest BCUT2D eigenvalue weighted by Gasteiger charge is -2.00. The van der Waals surface area contributed by atoms with Crippen LogP contribution in [0.1, 0.15) is 12.2 Å². The molecule has 0 amide bonds. The van der Waals surface area contributed by atoms with Crippen LogP contribution in [0, 0.1) is 0 Å². The zero-order valence-electron chi connectivity index (χ0n) is 8.18.